The van der Waals surface area contributed by atoms with Crippen LogP contribution >= 0.6 is 11.8 Å². The van der Waals surface area contributed by atoms with Gasteiger partial charge in [-0.15, -0.1) is 10.2 Å². The first-order valence-corrected chi connectivity index (χ1v) is 10.1. The molecule has 0 spiro atoms. The zero-order chi connectivity index (χ0) is 19.4. The average molecular weight is 388 g/mol. The zero-order valence-corrected chi connectivity index (χ0v) is 16.8. The minimum absolute atomic E-state index is 0.139. The second-order valence-corrected chi connectivity index (χ2v) is 8.03. The van der Waals surface area contributed by atoms with Crippen molar-refractivity contribution in [2.75, 3.05) is 17.2 Å². The van der Waals surface area contributed by atoms with Gasteiger partial charge in [-0.05, 0) is 36.6 Å². The number of anilines is 1. The molecule has 1 N–H and O–H groups in total. The van der Waals surface area contributed by atoms with Crippen molar-refractivity contribution in [3.63, 3.8) is 0 Å². The fraction of sp³-hybridized carbons (Fsp3) is 0.474. The predicted octanol–water partition coefficient (Wildman–Crippen LogP) is 2.62. The van der Waals surface area contributed by atoms with Gasteiger partial charge >= 0.3 is 0 Å². The van der Waals surface area contributed by atoms with Gasteiger partial charge in [-0.3, -0.25) is 9.59 Å². The van der Waals surface area contributed by atoms with Gasteiger partial charge in [0.05, 0.1) is 6.54 Å². The van der Waals surface area contributed by atoms with Crippen molar-refractivity contribution in [3.8, 4) is 0 Å². The summed E-state index contributed by atoms with van der Waals surface area (Å²) in [5.74, 6) is 2.24. The largest absolute Gasteiger partial charge is 0.345 e. The quantitative estimate of drug-likeness (QED) is 0.739. The molecule has 1 aliphatic rings. The van der Waals surface area contributed by atoms with E-state index in [1.165, 1.54) is 0 Å². The number of nitrogens with zero attached hydrogens (tertiary/aromatic N) is 4. The molecule has 0 saturated carbocycles. The van der Waals surface area contributed by atoms with E-state index in [1.54, 1.807) is 28.8 Å². The molecule has 7 nitrogen and oxygen atoms in total. The van der Waals surface area contributed by atoms with E-state index in [4.69, 9.17) is 0 Å². The highest BCUT2D eigenvalue weighted by Crippen LogP contribution is 2.22. The summed E-state index contributed by atoms with van der Waals surface area (Å²) in [6.45, 7) is 5.38. The highest BCUT2D eigenvalue weighted by molar-refractivity contribution is 7.99. The van der Waals surface area contributed by atoms with Gasteiger partial charge in [-0.1, -0.05) is 25.6 Å². The smallest absolute Gasteiger partial charge is 0.251 e. The van der Waals surface area contributed by atoms with Gasteiger partial charge in [0.15, 0.2) is 11.0 Å². The molecular formula is C19H25N5O2S. The lowest BCUT2D eigenvalue weighted by molar-refractivity contribution is -0.117. The molecule has 2 heterocycles. The number of hydrogen-bond acceptors (Lipinski definition) is 5. The minimum atomic E-state index is -0.173. The number of aromatic nitrogens is 3. The highest BCUT2D eigenvalue weighted by atomic mass is 32.2. The van der Waals surface area contributed by atoms with Crippen molar-refractivity contribution >= 4 is 29.3 Å². The van der Waals surface area contributed by atoms with Crippen LogP contribution in [0.25, 0.3) is 0 Å². The molecular weight excluding hydrogens is 362 g/mol. The predicted molar refractivity (Wildman–Crippen MR) is 106 cm³/mol. The Morgan fingerprint density at radius 3 is 2.63 bits per heavy atom. The van der Waals surface area contributed by atoms with Crippen molar-refractivity contribution in [1.29, 1.82) is 0 Å². The van der Waals surface area contributed by atoms with Crippen LogP contribution in [0.4, 0.5) is 5.69 Å². The van der Waals surface area contributed by atoms with Gasteiger partial charge in [0, 0.05) is 37.0 Å². The van der Waals surface area contributed by atoms with Gasteiger partial charge in [-0.2, -0.15) is 0 Å². The van der Waals surface area contributed by atoms with Gasteiger partial charge in [0.2, 0.25) is 5.91 Å². The third kappa shape index (κ3) is 4.68. The fourth-order valence-corrected chi connectivity index (χ4v) is 3.72. The topological polar surface area (TPSA) is 80.1 Å². The van der Waals surface area contributed by atoms with Crippen molar-refractivity contribution in [1.82, 2.24) is 20.1 Å². The molecule has 1 saturated heterocycles. The van der Waals surface area contributed by atoms with Crippen LogP contribution in [0.15, 0.2) is 29.4 Å². The Morgan fingerprint density at radius 1 is 1.26 bits per heavy atom. The van der Waals surface area contributed by atoms with Crippen molar-refractivity contribution in [2.45, 2.75) is 38.4 Å². The normalized spacial score (nSPS) is 14.2. The van der Waals surface area contributed by atoms with Crippen LogP contribution in [0.2, 0.25) is 0 Å². The standard InChI is InChI=1S/C19H25N5O2S/c1-13(2)12-27-19-22-21-16(23(19)3)11-20-18(26)14-6-8-15(9-7-14)24-10-4-5-17(24)25/h6-9,13H,4-5,10-12H2,1-3H3,(H,20,26). The monoisotopic (exact) mass is 387 g/mol. The SMILES string of the molecule is CC(C)CSc1nnc(CNC(=O)c2ccc(N3CCCC3=O)cc2)n1C. The van der Waals surface area contributed by atoms with Crippen LogP contribution in [-0.4, -0.2) is 38.9 Å². The molecule has 0 radical (unpaired) electrons. The number of carbonyl (C=O) groups excluding carboxylic acids is 2. The van der Waals surface area contributed by atoms with Crippen LogP contribution < -0.4 is 10.2 Å². The molecule has 3 rings (SSSR count). The molecule has 2 aromatic rings. The maximum atomic E-state index is 12.4. The first-order valence-electron chi connectivity index (χ1n) is 9.15. The molecule has 0 aliphatic carbocycles. The van der Waals surface area contributed by atoms with E-state index >= 15 is 0 Å². The first kappa shape index (κ1) is 19.4. The zero-order valence-electron chi connectivity index (χ0n) is 15.9. The summed E-state index contributed by atoms with van der Waals surface area (Å²) in [6, 6.07) is 7.13. The van der Waals surface area contributed by atoms with Crippen LogP contribution in [0, 0.1) is 5.92 Å². The average Bonchev–Trinajstić information content (AvgIpc) is 3.24. The van der Waals surface area contributed by atoms with Gasteiger partial charge in [-0.25, -0.2) is 0 Å². The Balaban J connectivity index is 1.57. The summed E-state index contributed by atoms with van der Waals surface area (Å²) >= 11 is 1.66. The van der Waals surface area contributed by atoms with Crippen molar-refractivity contribution in [3.05, 3.63) is 35.7 Å². The van der Waals surface area contributed by atoms with Crippen molar-refractivity contribution in [2.24, 2.45) is 13.0 Å². The van der Waals surface area contributed by atoms with Crippen LogP contribution in [-0.2, 0) is 18.4 Å². The second kappa shape index (κ2) is 8.56. The molecule has 144 valence electrons. The Kier molecular flexibility index (Phi) is 6.15. The number of hydrogen-bond donors (Lipinski definition) is 1. The van der Waals surface area contributed by atoms with Crippen molar-refractivity contribution < 1.29 is 9.59 Å². The number of rotatable bonds is 7. The Hall–Kier alpha value is -2.35. The lowest BCUT2D eigenvalue weighted by atomic mass is 10.2. The summed E-state index contributed by atoms with van der Waals surface area (Å²) in [6.07, 6.45) is 1.48. The van der Waals surface area contributed by atoms with E-state index in [2.05, 4.69) is 29.4 Å². The van der Waals surface area contributed by atoms with Crippen LogP contribution in [0.1, 0.15) is 42.9 Å². The van der Waals surface area contributed by atoms with Crippen LogP contribution in [0.5, 0.6) is 0 Å². The molecule has 1 aliphatic heterocycles. The van der Waals surface area contributed by atoms with E-state index in [9.17, 15) is 9.59 Å². The fourth-order valence-electron chi connectivity index (χ4n) is 2.84. The van der Waals surface area contributed by atoms with E-state index in [0.29, 0.717) is 30.3 Å². The molecule has 0 bridgehead atoms. The first-order chi connectivity index (χ1) is 13.0. The maximum absolute atomic E-state index is 12.4. The third-order valence-electron chi connectivity index (χ3n) is 4.39. The van der Waals surface area contributed by atoms with E-state index in [0.717, 1.165) is 29.6 Å². The minimum Gasteiger partial charge on any atom is -0.345 e. The number of thioether (sulfide) groups is 1. The molecule has 27 heavy (non-hydrogen) atoms. The lowest BCUT2D eigenvalue weighted by Crippen LogP contribution is -2.25. The summed E-state index contributed by atoms with van der Waals surface area (Å²) in [7, 11) is 1.91. The molecule has 0 atom stereocenters. The number of benzene rings is 1. The third-order valence-corrected chi connectivity index (χ3v) is 5.84. The molecule has 1 fully saturated rings. The maximum Gasteiger partial charge on any atom is 0.251 e. The summed E-state index contributed by atoms with van der Waals surface area (Å²) in [5.41, 5.74) is 1.40. The van der Waals surface area contributed by atoms with Gasteiger partial charge < -0.3 is 14.8 Å². The van der Waals surface area contributed by atoms with Crippen LogP contribution in [0.3, 0.4) is 0 Å². The summed E-state index contributed by atoms with van der Waals surface area (Å²) < 4.78 is 1.91. The van der Waals surface area contributed by atoms with Gasteiger partial charge in [0.25, 0.3) is 5.91 Å². The highest BCUT2D eigenvalue weighted by Gasteiger charge is 2.21. The molecule has 2 amide bonds. The van der Waals surface area contributed by atoms with E-state index in [-0.39, 0.29) is 11.8 Å². The second-order valence-electron chi connectivity index (χ2n) is 7.04. The molecule has 1 aromatic heterocycles. The lowest BCUT2D eigenvalue weighted by Gasteiger charge is -2.15. The number of amides is 2. The summed E-state index contributed by atoms with van der Waals surface area (Å²) in [4.78, 5) is 26.0. The Morgan fingerprint density at radius 2 is 2.00 bits per heavy atom. The number of carbonyl (C=O) groups is 2. The molecule has 0 unspecified atom stereocenters. The number of nitrogens with one attached hydrogen (secondary N) is 1. The molecule has 8 heteroatoms. The Bertz CT molecular complexity index is 816. The van der Waals surface area contributed by atoms with E-state index in [1.807, 2.05) is 23.7 Å². The molecule has 1 aromatic carbocycles. The Labute approximate surface area is 163 Å². The van der Waals surface area contributed by atoms with E-state index < -0.39 is 0 Å². The van der Waals surface area contributed by atoms with Gasteiger partial charge in [0.1, 0.15) is 0 Å². The summed E-state index contributed by atoms with van der Waals surface area (Å²) in [5, 5.41) is 12.1.